The van der Waals surface area contributed by atoms with Gasteiger partial charge in [0.25, 0.3) is 0 Å². The third-order valence-corrected chi connectivity index (χ3v) is 3.17. The molecule has 1 atom stereocenters. The van der Waals surface area contributed by atoms with E-state index in [2.05, 4.69) is 37.6 Å². The Kier molecular flexibility index (Phi) is 3.85. The first kappa shape index (κ1) is 12.6. The number of halogens is 1. The van der Waals surface area contributed by atoms with E-state index in [-0.39, 0.29) is 5.41 Å². The Morgan fingerprint density at radius 3 is 2.47 bits per heavy atom. The summed E-state index contributed by atoms with van der Waals surface area (Å²) in [4.78, 5) is 0. The molecule has 1 rings (SSSR count). The first-order chi connectivity index (χ1) is 6.80. The molecule has 1 heterocycles. The minimum absolute atomic E-state index is 0.287. The molecule has 15 heavy (non-hydrogen) atoms. The molecule has 1 aromatic heterocycles. The molecule has 0 aliphatic heterocycles. The zero-order chi connectivity index (χ0) is 11.6. The summed E-state index contributed by atoms with van der Waals surface area (Å²) in [5.41, 5.74) is 1.51. The highest BCUT2D eigenvalue weighted by Crippen LogP contribution is 2.19. The highest BCUT2D eigenvalue weighted by Gasteiger charge is 2.19. The molecule has 0 amide bonds. The van der Waals surface area contributed by atoms with Gasteiger partial charge in [-0.25, -0.2) is 0 Å². The fraction of sp³-hybridized carbons (Fsp3) is 0.667. The molecule has 86 valence electrons. The topological polar surface area (TPSA) is 17.0 Å². The van der Waals surface area contributed by atoms with Gasteiger partial charge in [-0.3, -0.25) is 0 Å². The summed E-state index contributed by atoms with van der Waals surface area (Å²) in [7, 11) is 2.02. The van der Waals surface area contributed by atoms with Crippen LogP contribution in [0.25, 0.3) is 0 Å². The zero-order valence-corrected chi connectivity index (χ0v) is 11.0. The van der Waals surface area contributed by atoms with E-state index in [1.165, 1.54) is 5.69 Å². The van der Waals surface area contributed by atoms with Crippen LogP contribution in [0.1, 0.15) is 33.4 Å². The Labute approximate surface area is 97.6 Å². The highest BCUT2D eigenvalue weighted by molar-refractivity contribution is 6.30. The normalized spacial score (nSPS) is 14.3. The van der Waals surface area contributed by atoms with Crippen molar-refractivity contribution in [2.24, 2.45) is 12.5 Å². The lowest BCUT2D eigenvalue weighted by atomic mass is 9.88. The Balaban J connectivity index is 2.54. The third kappa shape index (κ3) is 3.54. The lowest BCUT2D eigenvalue weighted by Crippen LogP contribution is -2.37. The van der Waals surface area contributed by atoms with E-state index < -0.39 is 0 Å². The molecule has 0 aliphatic carbocycles. The fourth-order valence-electron chi connectivity index (χ4n) is 1.31. The molecule has 0 spiro atoms. The molecule has 0 aromatic carbocycles. The van der Waals surface area contributed by atoms with Crippen molar-refractivity contribution in [3.8, 4) is 0 Å². The summed E-state index contributed by atoms with van der Waals surface area (Å²) >= 11 is 5.92. The molecule has 3 heteroatoms. The van der Waals surface area contributed by atoms with Crippen molar-refractivity contribution < 1.29 is 0 Å². The van der Waals surface area contributed by atoms with Crippen LogP contribution in [0.4, 0.5) is 0 Å². The third-order valence-electron chi connectivity index (χ3n) is 2.96. The second-order valence-corrected chi connectivity index (χ2v) is 5.67. The van der Waals surface area contributed by atoms with Gasteiger partial charge in [-0.15, -0.1) is 0 Å². The van der Waals surface area contributed by atoms with Crippen LogP contribution in [0.3, 0.4) is 0 Å². The molecule has 0 saturated carbocycles. The zero-order valence-electron chi connectivity index (χ0n) is 10.3. The second-order valence-electron chi connectivity index (χ2n) is 5.23. The van der Waals surface area contributed by atoms with Crippen molar-refractivity contribution in [2.75, 3.05) is 0 Å². The summed E-state index contributed by atoms with van der Waals surface area (Å²) in [5, 5.41) is 4.32. The van der Waals surface area contributed by atoms with Gasteiger partial charge in [-0.05, 0) is 18.4 Å². The second kappa shape index (κ2) is 4.58. The molecule has 0 radical (unpaired) electrons. The van der Waals surface area contributed by atoms with Gasteiger partial charge in [0.1, 0.15) is 0 Å². The standard InChI is InChI=1S/C12H21ClN2/c1-9(12(2,3)4)14-7-11-6-10(13)8-15(11)5/h6,8-9,14H,7H2,1-5H3. The lowest BCUT2D eigenvalue weighted by Gasteiger charge is -2.28. The average Bonchev–Trinajstić information content (AvgIpc) is 2.39. The van der Waals surface area contributed by atoms with Gasteiger partial charge in [0, 0.05) is 31.5 Å². The van der Waals surface area contributed by atoms with Gasteiger partial charge < -0.3 is 9.88 Å². The molecule has 0 fully saturated rings. The van der Waals surface area contributed by atoms with Crippen LogP contribution in [0.2, 0.25) is 5.02 Å². The summed E-state index contributed by atoms with van der Waals surface area (Å²) in [5.74, 6) is 0. The molecular formula is C12H21ClN2. The van der Waals surface area contributed by atoms with Gasteiger partial charge in [-0.2, -0.15) is 0 Å². The molecule has 1 aromatic rings. The van der Waals surface area contributed by atoms with Crippen LogP contribution in [0, 0.1) is 5.41 Å². The van der Waals surface area contributed by atoms with Crippen LogP contribution in [0.5, 0.6) is 0 Å². The predicted octanol–water partition coefficient (Wildman–Crippen LogP) is 3.20. The maximum atomic E-state index is 5.92. The molecule has 1 N–H and O–H groups in total. The van der Waals surface area contributed by atoms with E-state index in [0.29, 0.717) is 6.04 Å². The number of aromatic nitrogens is 1. The van der Waals surface area contributed by atoms with Crippen molar-refractivity contribution in [2.45, 2.75) is 40.3 Å². The van der Waals surface area contributed by atoms with Crippen molar-refractivity contribution in [3.05, 3.63) is 23.0 Å². The Hall–Kier alpha value is -0.470. The smallest absolute Gasteiger partial charge is 0.0585 e. The van der Waals surface area contributed by atoms with Gasteiger partial charge in [-0.1, -0.05) is 32.4 Å². The Morgan fingerprint density at radius 2 is 2.07 bits per heavy atom. The van der Waals surface area contributed by atoms with Crippen LogP contribution in [-0.2, 0) is 13.6 Å². The molecule has 1 unspecified atom stereocenters. The minimum atomic E-state index is 0.287. The van der Waals surface area contributed by atoms with E-state index in [0.717, 1.165) is 11.6 Å². The number of nitrogens with zero attached hydrogens (tertiary/aromatic N) is 1. The van der Waals surface area contributed by atoms with Gasteiger partial charge in [0.05, 0.1) is 5.02 Å². The van der Waals surface area contributed by atoms with Crippen molar-refractivity contribution in [3.63, 3.8) is 0 Å². The van der Waals surface area contributed by atoms with Crippen LogP contribution < -0.4 is 5.32 Å². The molecular weight excluding hydrogens is 208 g/mol. The van der Waals surface area contributed by atoms with Gasteiger partial charge >= 0.3 is 0 Å². The van der Waals surface area contributed by atoms with E-state index >= 15 is 0 Å². The van der Waals surface area contributed by atoms with Crippen molar-refractivity contribution in [1.29, 1.82) is 0 Å². The maximum absolute atomic E-state index is 5.92. The van der Waals surface area contributed by atoms with Crippen LogP contribution >= 0.6 is 11.6 Å². The van der Waals surface area contributed by atoms with E-state index in [4.69, 9.17) is 11.6 Å². The van der Waals surface area contributed by atoms with E-state index in [1.54, 1.807) is 0 Å². The molecule has 2 nitrogen and oxygen atoms in total. The Morgan fingerprint density at radius 1 is 1.47 bits per heavy atom. The first-order valence-electron chi connectivity index (χ1n) is 5.35. The maximum Gasteiger partial charge on any atom is 0.0585 e. The van der Waals surface area contributed by atoms with Crippen LogP contribution in [0.15, 0.2) is 12.3 Å². The average molecular weight is 229 g/mol. The minimum Gasteiger partial charge on any atom is -0.352 e. The number of nitrogens with one attached hydrogen (secondary N) is 1. The predicted molar refractivity (Wildman–Crippen MR) is 66.2 cm³/mol. The van der Waals surface area contributed by atoms with E-state index in [9.17, 15) is 0 Å². The fourth-order valence-corrected chi connectivity index (χ4v) is 1.58. The van der Waals surface area contributed by atoms with Gasteiger partial charge in [0.2, 0.25) is 0 Å². The lowest BCUT2D eigenvalue weighted by molar-refractivity contribution is 0.283. The van der Waals surface area contributed by atoms with Crippen molar-refractivity contribution in [1.82, 2.24) is 9.88 Å². The summed E-state index contributed by atoms with van der Waals surface area (Å²) in [6, 6.07) is 2.48. The molecule has 0 bridgehead atoms. The van der Waals surface area contributed by atoms with E-state index in [1.807, 2.05) is 19.3 Å². The number of rotatable bonds is 3. The molecule has 0 aliphatic rings. The SMILES string of the molecule is CC(NCc1cc(Cl)cn1C)C(C)(C)C. The quantitative estimate of drug-likeness (QED) is 0.841. The summed E-state index contributed by atoms with van der Waals surface area (Å²) in [6.07, 6.45) is 1.93. The summed E-state index contributed by atoms with van der Waals surface area (Å²) in [6.45, 7) is 9.79. The number of aryl methyl sites for hydroxylation is 1. The van der Waals surface area contributed by atoms with Crippen LogP contribution in [-0.4, -0.2) is 10.6 Å². The first-order valence-corrected chi connectivity index (χ1v) is 5.72. The monoisotopic (exact) mass is 228 g/mol. The van der Waals surface area contributed by atoms with Gasteiger partial charge in [0.15, 0.2) is 0 Å². The number of hydrogen-bond donors (Lipinski definition) is 1. The van der Waals surface area contributed by atoms with Crippen molar-refractivity contribution >= 4 is 11.6 Å². The number of hydrogen-bond acceptors (Lipinski definition) is 1. The Bertz CT molecular complexity index is 323. The largest absolute Gasteiger partial charge is 0.352 e. The highest BCUT2D eigenvalue weighted by atomic mass is 35.5. The summed E-state index contributed by atoms with van der Waals surface area (Å²) < 4.78 is 2.06. The molecule has 0 saturated heterocycles.